The van der Waals surface area contributed by atoms with Crippen molar-refractivity contribution in [2.75, 3.05) is 9.80 Å². The number of nitrogens with zero attached hydrogens (tertiary/aromatic N) is 2. The molecule has 0 aliphatic carbocycles. The lowest BCUT2D eigenvalue weighted by Gasteiger charge is -2.21. The minimum Gasteiger partial charge on any atom is -0.269 e. The van der Waals surface area contributed by atoms with E-state index < -0.39 is 5.91 Å². The molecule has 0 atom stereocenters. The van der Waals surface area contributed by atoms with E-state index in [0.717, 1.165) is 9.80 Å². The normalized spacial score (nSPS) is 17.8. The fraction of sp³-hybridized carbons (Fsp3) is 0.222. The van der Waals surface area contributed by atoms with Crippen molar-refractivity contribution in [2.45, 2.75) is 27.2 Å². The van der Waals surface area contributed by atoms with Gasteiger partial charge in [-0.15, -0.1) is 0 Å². The summed E-state index contributed by atoms with van der Waals surface area (Å²) in [5.74, 6) is -1.49. The topological polar surface area (TPSA) is 74.8 Å². The van der Waals surface area contributed by atoms with Gasteiger partial charge < -0.3 is 0 Å². The fourth-order valence-corrected chi connectivity index (χ4v) is 2.86. The molecule has 0 unspecified atom stereocenters. The molecule has 4 amide bonds. The molecule has 0 bridgehead atoms. The summed E-state index contributed by atoms with van der Waals surface area (Å²) in [7, 11) is 0. The van der Waals surface area contributed by atoms with Crippen molar-refractivity contribution in [2.24, 2.45) is 0 Å². The average molecular weight is 324 g/mol. The molecule has 0 radical (unpaired) electrons. The van der Waals surface area contributed by atoms with Gasteiger partial charge in [-0.1, -0.05) is 6.92 Å². The Morgan fingerprint density at radius 1 is 0.833 bits per heavy atom. The lowest BCUT2D eigenvalue weighted by atomic mass is 10.1. The predicted octanol–water partition coefficient (Wildman–Crippen LogP) is 1.89. The molecular weight excluding hydrogens is 308 g/mol. The summed E-state index contributed by atoms with van der Waals surface area (Å²) < 4.78 is 0. The smallest absolute Gasteiger partial charge is 0.261 e. The Labute approximate surface area is 139 Å². The van der Waals surface area contributed by atoms with E-state index in [4.69, 9.17) is 0 Å². The molecular formula is C18H16N2O4. The molecule has 0 spiro atoms. The van der Waals surface area contributed by atoms with E-state index in [1.54, 1.807) is 32.0 Å². The second kappa shape index (κ2) is 5.56. The fourth-order valence-electron chi connectivity index (χ4n) is 2.86. The SMILES string of the molecule is CCc1cc(N2C(=O)C=C(C)C2=O)ccc1N1C(=O)C=C(C)C1=O. The zero-order valence-electron chi connectivity index (χ0n) is 13.6. The number of carbonyl (C=O) groups excluding carboxylic acids is 4. The number of hydrogen-bond donors (Lipinski definition) is 0. The Hall–Kier alpha value is -3.02. The van der Waals surface area contributed by atoms with Crippen LogP contribution in [0.15, 0.2) is 41.5 Å². The van der Waals surface area contributed by atoms with Crippen LogP contribution in [0.4, 0.5) is 11.4 Å². The maximum atomic E-state index is 12.2. The number of benzene rings is 1. The molecule has 0 fully saturated rings. The Morgan fingerprint density at radius 2 is 1.38 bits per heavy atom. The standard InChI is InChI=1S/C18H16N2O4/c1-4-12-9-13(19-15(21)7-10(2)17(19)23)5-6-14(12)20-16(22)8-11(3)18(20)24/h5-9H,4H2,1-3H3. The van der Waals surface area contributed by atoms with Crippen LogP contribution < -0.4 is 9.80 Å². The number of anilines is 2. The first-order chi connectivity index (χ1) is 11.3. The van der Waals surface area contributed by atoms with E-state index in [-0.39, 0.29) is 17.7 Å². The summed E-state index contributed by atoms with van der Waals surface area (Å²) in [5.41, 5.74) is 2.39. The molecule has 0 saturated heterocycles. The van der Waals surface area contributed by atoms with Gasteiger partial charge in [-0.3, -0.25) is 19.2 Å². The van der Waals surface area contributed by atoms with Crippen molar-refractivity contribution in [1.82, 2.24) is 0 Å². The number of hydrogen-bond acceptors (Lipinski definition) is 4. The Balaban J connectivity index is 2.02. The number of aryl methyl sites for hydroxylation is 1. The van der Waals surface area contributed by atoms with E-state index in [1.807, 2.05) is 6.92 Å². The number of rotatable bonds is 3. The number of imide groups is 2. The second-order valence-electron chi connectivity index (χ2n) is 5.78. The highest BCUT2D eigenvalue weighted by molar-refractivity contribution is 6.31. The third-order valence-electron chi connectivity index (χ3n) is 4.14. The van der Waals surface area contributed by atoms with Crippen molar-refractivity contribution in [3.8, 4) is 0 Å². The van der Waals surface area contributed by atoms with E-state index in [0.29, 0.717) is 34.5 Å². The van der Waals surface area contributed by atoms with Crippen LogP contribution in [0.1, 0.15) is 26.3 Å². The molecule has 1 aromatic rings. The lowest BCUT2D eigenvalue weighted by Crippen LogP contribution is -2.32. The van der Waals surface area contributed by atoms with Gasteiger partial charge >= 0.3 is 0 Å². The molecule has 0 aromatic heterocycles. The quantitative estimate of drug-likeness (QED) is 0.796. The number of amides is 4. The van der Waals surface area contributed by atoms with Gasteiger partial charge in [0, 0.05) is 23.3 Å². The van der Waals surface area contributed by atoms with Crippen LogP contribution >= 0.6 is 0 Å². The van der Waals surface area contributed by atoms with Crippen molar-refractivity contribution >= 4 is 35.0 Å². The molecule has 6 heteroatoms. The highest BCUT2D eigenvalue weighted by atomic mass is 16.2. The van der Waals surface area contributed by atoms with Crippen LogP contribution in [0.3, 0.4) is 0 Å². The van der Waals surface area contributed by atoms with Crippen molar-refractivity contribution in [3.63, 3.8) is 0 Å². The Kier molecular flexibility index (Phi) is 3.67. The zero-order valence-corrected chi connectivity index (χ0v) is 13.6. The van der Waals surface area contributed by atoms with Gasteiger partial charge in [0.2, 0.25) is 0 Å². The summed E-state index contributed by atoms with van der Waals surface area (Å²) in [4.78, 5) is 50.5. The monoisotopic (exact) mass is 324 g/mol. The maximum absolute atomic E-state index is 12.2. The minimum absolute atomic E-state index is 0.353. The third-order valence-corrected chi connectivity index (χ3v) is 4.14. The predicted molar refractivity (Wildman–Crippen MR) is 88.3 cm³/mol. The average Bonchev–Trinajstić information content (AvgIpc) is 2.94. The van der Waals surface area contributed by atoms with Gasteiger partial charge in [0.15, 0.2) is 0 Å². The van der Waals surface area contributed by atoms with E-state index >= 15 is 0 Å². The van der Waals surface area contributed by atoms with Crippen molar-refractivity contribution in [3.05, 3.63) is 47.1 Å². The number of carbonyl (C=O) groups is 4. The van der Waals surface area contributed by atoms with Gasteiger partial charge in [0.1, 0.15) is 0 Å². The van der Waals surface area contributed by atoms with Crippen molar-refractivity contribution in [1.29, 1.82) is 0 Å². The van der Waals surface area contributed by atoms with Gasteiger partial charge in [-0.2, -0.15) is 0 Å². The highest BCUT2D eigenvalue weighted by Crippen LogP contribution is 2.32. The third kappa shape index (κ3) is 2.27. The van der Waals surface area contributed by atoms with Gasteiger partial charge in [0.05, 0.1) is 11.4 Å². The summed E-state index contributed by atoms with van der Waals surface area (Å²) in [6.07, 6.45) is 3.14. The van der Waals surface area contributed by atoms with Crippen LogP contribution in [-0.2, 0) is 25.6 Å². The molecule has 1 aromatic carbocycles. The maximum Gasteiger partial charge on any atom is 0.261 e. The molecule has 0 saturated carbocycles. The Bertz CT molecular complexity index is 864. The molecule has 6 nitrogen and oxygen atoms in total. The Morgan fingerprint density at radius 3 is 1.83 bits per heavy atom. The molecule has 2 aliphatic rings. The molecule has 3 rings (SSSR count). The van der Waals surface area contributed by atoms with E-state index in [1.165, 1.54) is 12.2 Å². The second-order valence-corrected chi connectivity index (χ2v) is 5.78. The summed E-state index contributed by atoms with van der Waals surface area (Å²) >= 11 is 0. The molecule has 2 aliphatic heterocycles. The van der Waals surface area contributed by atoms with Crippen LogP contribution in [0, 0.1) is 0 Å². The van der Waals surface area contributed by atoms with Crippen molar-refractivity contribution < 1.29 is 19.2 Å². The molecule has 2 heterocycles. The lowest BCUT2D eigenvalue weighted by molar-refractivity contribution is -0.122. The first kappa shape index (κ1) is 15.9. The van der Waals surface area contributed by atoms with Crippen LogP contribution in [-0.4, -0.2) is 23.6 Å². The minimum atomic E-state index is -0.391. The molecule has 122 valence electrons. The largest absolute Gasteiger partial charge is 0.269 e. The summed E-state index contributed by atoms with van der Waals surface area (Å²) in [6, 6.07) is 4.85. The summed E-state index contributed by atoms with van der Waals surface area (Å²) in [5, 5.41) is 0. The van der Waals surface area contributed by atoms with Crippen LogP contribution in [0.25, 0.3) is 0 Å². The van der Waals surface area contributed by atoms with Gasteiger partial charge in [-0.25, -0.2) is 9.80 Å². The van der Waals surface area contributed by atoms with Gasteiger partial charge in [-0.05, 0) is 44.0 Å². The van der Waals surface area contributed by atoms with E-state index in [2.05, 4.69) is 0 Å². The first-order valence-corrected chi connectivity index (χ1v) is 7.61. The van der Waals surface area contributed by atoms with Crippen LogP contribution in [0.5, 0.6) is 0 Å². The van der Waals surface area contributed by atoms with E-state index in [9.17, 15) is 19.2 Å². The highest BCUT2D eigenvalue weighted by Gasteiger charge is 2.33. The first-order valence-electron chi connectivity index (χ1n) is 7.61. The van der Waals surface area contributed by atoms with Crippen LogP contribution in [0.2, 0.25) is 0 Å². The summed E-state index contributed by atoms with van der Waals surface area (Å²) in [6.45, 7) is 5.06. The van der Waals surface area contributed by atoms with Gasteiger partial charge in [0.25, 0.3) is 23.6 Å². The zero-order chi connectivity index (χ0) is 17.6. The molecule has 24 heavy (non-hydrogen) atoms. The molecule has 0 N–H and O–H groups in total.